The monoisotopic (exact) mass is 330 g/mol. The van der Waals surface area contributed by atoms with Crippen LogP contribution in [0, 0.1) is 0 Å². The summed E-state index contributed by atoms with van der Waals surface area (Å²) in [6, 6.07) is 11.8. The van der Waals surface area contributed by atoms with Gasteiger partial charge in [0.1, 0.15) is 23.2 Å². The van der Waals surface area contributed by atoms with E-state index in [1.54, 1.807) is 42.5 Å². The Hall–Kier alpha value is -2.39. The molecule has 1 aliphatic rings. The van der Waals surface area contributed by atoms with Gasteiger partial charge in [-0.25, -0.2) is 0 Å². The van der Waals surface area contributed by atoms with E-state index >= 15 is 0 Å². The summed E-state index contributed by atoms with van der Waals surface area (Å²) in [7, 11) is 0.115. The Morgan fingerprint density at radius 3 is 2.70 bits per heavy atom. The molecule has 1 aliphatic heterocycles. The van der Waals surface area contributed by atoms with E-state index in [-0.39, 0.29) is 20.2 Å². The van der Waals surface area contributed by atoms with Gasteiger partial charge >= 0.3 is 5.97 Å². The molecule has 0 saturated carbocycles. The summed E-state index contributed by atoms with van der Waals surface area (Å²) in [4.78, 5) is 12.2. The number of rotatable bonds is 6. The van der Waals surface area contributed by atoms with Crippen LogP contribution in [0.15, 0.2) is 42.5 Å². The fourth-order valence-electron chi connectivity index (χ4n) is 2.53. The number of fused-ring (bicyclic) bond motifs is 1. The summed E-state index contributed by atoms with van der Waals surface area (Å²) >= 11 is 0. The summed E-state index contributed by atoms with van der Waals surface area (Å²) in [5.74, 6) is 0.462. The van der Waals surface area contributed by atoms with Crippen molar-refractivity contribution in [1.82, 2.24) is 0 Å². The van der Waals surface area contributed by atoms with Gasteiger partial charge in [-0.2, -0.15) is 0 Å². The molecule has 0 fully saturated rings. The maximum atomic E-state index is 12.2. The van der Waals surface area contributed by atoms with Crippen LogP contribution >= 0.6 is 8.46 Å². The largest absolute Gasteiger partial charge is 0.508 e. The van der Waals surface area contributed by atoms with Crippen LogP contribution < -0.4 is 9.47 Å². The van der Waals surface area contributed by atoms with Crippen molar-refractivity contribution in [3.63, 3.8) is 0 Å². The third kappa shape index (κ3) is 3.35. The molecule has 1 atom stereocenters. The second-order valence-electron chi connectivity index (χ2n) is 5.20. The average molecular weight is 330 g/mol. The Morgan fingerprint density at radius 1 is 1.17 bits per heavy atom. The van der Waals surface area contributed by atoms with Crippen LogP contribution in [0.1, 0.15) is 23.5 Å². The number of hydrogen-bond acceptors (Lipinski definition) is 5. The smallest absolute Gasteiger partial charge is 0.323 e. The van der Waals surface area contributed by atoms with Crippen LogP contribution in [-0.4, -0.2) is 23.8 Å². The van der Waals surface area contributed by atoms with Gasteiger partial charge < -0.3 is 14.6 Å². The standard InChI is InChI=1S/C17H15O5P/c18-12-4-2-11(3-5-12)16-14-10-13(21-8-1-9-23-20)6-7-15(14)22-17(16)19/h2-7,10,16,18H,1,8-9H2. The summed E-state index contributed by atoms with van der Waals surface area (Å²) in [6.07, 6.45) is 1.25. The van der Waals surface area contributed by atoms with E-state index < -0.39 is 5.92 Å². The normalized spacial score (nSPS) is 16.2. The lowest BCUT2D eigenvalue weighted by Gasteiger charge is -2.10. The van der Waals surface area contributed by atoms with E-state index in [9.17, 15) is 14.5 Å². The lowest BCUT2D eigenvalue weighted by Crippen LogP contribution is -2.11. The van der Waals surface area contributed by atoms with Crippen LogP contribution in [-0.2, 0) is 9.36 Å². The molecule has 0 radical (unpaired) electrons. The number of carbonyl (C=O) groups is 1. The number of phenols is 1. The second kappa shape index (κ2) is 6.80. The first-order valence-electron chi connectivity index (χ1n) is 7.25. The highest BCUT2D eigenvalue weighted by molar-refractivity contribution is 7.23. The molecule has 23 heavy (non-hydrogen) atoms. The molecule has 2 aromatic carbocycles. The van der Waals surface area contributed by atoms with Gasteiger partial charge in [0.2, 0.25) is 0 Å². The zero-order chi connectivity index (χ0) is 16.2. The first-order chi connectivity index (χ1) is 11.2. The molecule has 2 aromatic rings. The predicted octanol–water partition coefficient (Wildman–Crippen LogP) is 3.50. The molecule has 1 unspecified atom stereocenters. The second-order valence-corrected chi connectivity index (χ2v) is 5.91. The highest BCUT2D eigenvalue weighted by Crippen LogP contribution is 2.41. The van der Waals surface area contributed by atoms with Gasteiger partial charge in [-0.05, 0) is 42.3 Å². The Morgan fingerprint density at radius 2 is 1.96 bits per heavy atom. The molecule has 5 nitrogen and oxygen atoms in total. The third-order valence-electron chi connectivity index (χ3n) is 3.63. The van der Waals surface area contributed by atoms with Crippen LogP contribution in [0.2, 0.25) is 0 Å². The lowest BCUT2D eigenvalue weighted by atomic mass is 9.92. The number of phenolic OH excluding ortho intramolecular Hbond substituents is 1. The van der Waals surface area contributed by atoms with Gasteiger partial charge in [0.25, 0.3) is 0 Å². The van der Waals surface area contributed by atoms with Crippen molar-refractivity contribution in [3.05, 3.63) is 53.6 Å². The van der Waals surface area contributed by atoms with E-state index in [1.807, 2.05) is 0 Å². The van der Waals surface area contributed by atoms with Crippen molar-refractivity contribution in [1.29, 1.82) is 0 Å². The van der Waals surface area contributed by atoms with E-state index in [4.69, 9.17) is 9.47 Å². The average Bonchev–Trinajstić information content (AvgIpc) is 2.88. The Balaban J connectivity index is 1.84. The molecule has 0 saturated heterocycles. The third-order valence-corrected chi connectivity index (χ3v) is 4.13. The molecule has 118 valence electrons. The van der Waals surface area contributed by atoms with Crippen LogP contribution in [0.25, 0.3) is 0 Å². The first kappa shape index (κ1) is 15.5. The molecule has 0 bridgehead atoms. The van der Waals surface area contributed by atoms with Crippen LogP contribution in [0.5, 0.6) is 17.2 Å². The van der Waals surface area contributed by atoms with Crippen molar-refractivity contribution in [2.75, 3.05) is 12.8 Å². The fraction of sp³-hybridized carbons (Fsp3) is 0.235. The minimum atomic E-state index is -0.519. The van der Waals surface area contributed by atoms with Gasteiger partial charge in [-0.15, -0.1) is 0 Å². The van der Waals surface area contributed by atoms with Crippen molar-refractivity contribution in [2.45, 2.75) is 12.3 Å². The fourth-order valence-corrected chi connectivity index (χ4v) is 2.79. The maximum Gasteiger partial charge on any atom is 0.323 e. The van der Waals surface area contributed by atoms with Gasteiger partial charge in [0.05, 0.1) is 6.61 Å². The van der Waals surface area contributed by atoms with E-state index in [0.717, 1.165) is 11.1 Å². The molecule has 0 spiro atoms. The van der Waals surface area contributed by atoms with E-state index in [1.165, 1.54) is 0 Å². The number of esters is 1. The van der Waals surface area contributed by atoms with Crippen molar-refractivity contribution in [3.8, 4) is 17.2 Å². The highest BCUT2D eigenvalue weighted by Gasteiger charge is 2.34. The zero-order valence-corrected chi connectivity index (χ0v) is 13.2. The Labute approximate surface area is 135 Å². The number of carbonyl (C=O) groups excluding carboxylic acids is 1. The summed E-state index contributed by atoms with van der Waals surface area (Å²) in [5.41, 5.74) is 1.51. The van der Waals surface area contributed by atoms with Crippen LogP contribution in [0.3, 0.4) is 0 Å². The van der Waals surface area contributed by atoms with E-state index in [2.05, 4.69) is 0 Å². The Kier molecular flexibility index (Phi) is 4.58. The van der Waals surface area contributed by atoms with Gasteiger partial charge in [-0.3, -0.25) is 9.36 Å². The zero-order valence-electron chi connectivity index (χ0n) is 12.3. The number of ether oxygens (including phenoxy) is 2. The molecule has 0 aliphatic carbocycles. The van der Waals surface area contributed by atoms with Gasteiger partial charge in [0.15, 0.2) is 8.46 Å². The molecular formula is C17H15O5P. The van der Waals surface area contributed by atoms with Crippen molar-refractivity contribution < 1.29 is 23.9 Å². The first-order valence-corrected chi connectivity index (χ1v) is 8.25. The topological polar surface area (TPSA) is 72.8 Å². The lowest BCUT2D eigenvalue weighted by molar-refractivity contribution is -0.133. The number of hydrogen-bond donors (Lipinski definition) is 1. The predicted molar refractivity (Wildman–Crippen MR) is 84.6 cm³/mol. The van der Waals surface area contributed by atoms with Crippen LogP contribution in [0.4, 0.5) is 0 Å². The number of aromatic hydroxyl groups is 1. The SMILES string of the molecule is O=PCCCOc1ccc2c(c1)C(c1ccc(O)cc1)C(=O)O2. The minimum absolute atomic E-state index is 0.115. The molecule has 6 heteroatoms. The summed E-state index contributed by atoms with van der Waals surface area (Å²) in [6.45, 7) is 0.465. The highest BCUT2D eigenvalue weighted by atomic mass is 31.1. The number of benzene rings is 2. The molecule has 1 heterocycles. The van der Waals surface area contributed by atoms with E-state index in [0.29, 0.717) is 30.7 Å². The van der Waals surface area contributed by atoms with Gasteiger partial charge in [0, 0.05) is 11.7 Å². The summed E-state index contributed by atoms with van der Waals surface area (Å²) in [5, 5.41) is 9.39. The van der Waals surface area contributed by atoms with Crippen molar-refractivity contribution in [2.24, 2.45) is 0 Å². The minimum Gasteiger partial charge on any atom is -0.508 e. The quantitative estimate of drug-likeness (QED) is 0.380. The van der Waals surface area contributed by atoms with Gasteiger partial charge in [-0.1, -0.05) is 12.1 Å². The molecule has 1 N–H and O–H groups in total. The molecule has 0 aromatic heterocycles. The molecule has 0 amide bonds. The van der Waals surface area contributed by atoms with Crippen molar-refractivity contribution >= 4 is 14.4 Å². The molecule has 3 rings (SSSR count). The maximum absolute atomic E-state index is 12.2. The summed E-state index contributed by atoms with van der Waals surface area (Å²) < 4.78 is 21.3. The molecular weight excluding hydrogens is 315 g/mol. The Bertz CT molecular complexity index is 726.